The van der Waals surface area contributed by atoms with Gasteiger partial charge in [-0.3, -0.25) is 0 Å². The molecule has 2 amide bonds. The van der Waals surface area contributed by atoms with E-state index in [-0.39, 0.29) is 11.3 Å². The number of rotatable bonds is 4. The standard InChI is InChI=1S/C15H13F3N2O2/c16-9-5-6-11(17)10(7-9)14(8-21)20-15(22)19-13-4-2-1-3-12(13)18/h1-7,14,21H,8H2,(H2,19,20,22)/t14-/m1/s1. The number of urea groups is 1. The van der Waals surface area contributed by atoms with E-state index in [1.165, 1.54) is 18.2 Å². The van der Waals surface area contributed by atoms with Crippen molar-refractivity contribution in [3.63, 3.8) is 0 Å². The Bertz CT molecular complexity index is 680. The number of carbonyl (C=O) groups is 1. The number of amides is 2. The summed E-state index contributed by atoms with van der Waals surface area (Å²) < 4.78 is 40.2. The highest BCUT2D eigenvalue weighted by Gasteiger charge is 2.18. The largest absolute Gasteiger partial charge is 0.394 e. The van der Waals surface area contributed by atoms with Crippen molar-refractivity contribution in [1.82, 2.24) is 5.32 Å². The molecule has 4 nitrogen and oxygen atoms in total. The summed E-state index contributed by atoms with van der Waals surface area (Å²) in [5, 5.41) is 13.7. The van der Waals surface area contributed by atoms with Gasteiger partial charge in [-0.25, -0.2) is 18.0 Å². The number of carbonyl (C=O) groups excluding carboxylic acids is 1. The van der Waals surface area contributed by atoms with Gasteiger partial charge in [0.25, 0.3) is 0 Å². The Morgan fingerprint density at radius 2 is 1.82 bits per heavy atom. The summed E-state index contributed by atoms with van der Waals surface area (Å²) in [5.74, 6) is -2.12. The first-order chi connectivity index (χ1) is 10.5. The summed E-state index contributed by atoms with van der Waals surface area (Å²) in [6, 6.07) is 6.15. The zero-order chi connectivity index (χ0) is 16.1. The lowest BCUT2D eigenvalue weighted by Gasteiger charge is -2.18. The molecule has 7 heteroatoms. The molecule has 0 fully saturated rings. The highest BCUT2D eigenvalue weighted by Crippen LogP contribution is 2.19. The number of aliphatic hydroxyl groups excluding tert-OH is 1. The molecule has 0 heterocycles. The third kappa shape index (κ3) is 3.76. The third-order valence-corrected chi connectivity index (χ3v) is 2.94. The van der Waals surface area contributed by atoms with E-state index < -0.39 is 36.1 Å². The predicted molar refractivity (Wildman–Crippen MR) is 74.7 cm³/mol. The normalized spacial score (nSPS) is 11.8. The Kier molecular flexibility index (Phi) is 5.00. The van der Waals surface area contributed by atoms with Gasteiger partial charge in [-0.05, 0) is 30.3 Å². The second-order valence-corrected chi connectivity index (χ2v) is 4.48. The Morgan fingerprint density at radius 3 is 2.50 bits per heavy atom. The summed E-state index contributed by atoms with van der Waals surface area (Å²) in [6.07, 6.45) is 0. The molecule has 1 atom stereocenters. The lowest BCUT2D eigenvalue weighted by atomic mass is 10.1. The zero-order valence-corrected chi connectivity index (χ0v) is 11.3. The molecule has 0 radical (unpaired) electrons. The number of hydrogen-bond donors (Lipinski definition) is 3. The second-order valence-electron chi connectivity index (χ2n) is 4.48. The molecule has 0 aliphatic carbocycles. The molecule has 22 heavy (non-hydrogen) atoms. The van der Waals surface area contributed by atoms with Crippen LogP contribution in [0.3, 0.4) is 0 Å². The summed E-state index contributed by atoms with van der Waals surface area (Å²) in [6.45, 7) is -0.648. The van der Waals surface area contributed by atoms with Crippen LogP contribution in [0.4, 0.5) is 23.7 Å². The smallest absolute Gasteiger partial charge is 0.319 e. The SMILES string of the molecule is O=C(Nc1ccccc1F)N[C@H](CO)c1cc(F)ccc1F. The van der Waals surface area contributed by atoms with E-state index >= 15 is 0 Å². The van der Waals surface area contributed by atoms with E-state index in [4.69, 9.17) is 0 Å². The topological polar surface area (TPSA) is 61.4 Å². The average Bonchev–Trinajstić information content (AvgIpc) is 2.50. The molecular weight excluding hydrogens is 297 g/mol. The molecule has 0 unspecified atom stereocenters. The van der Waals surface area contributed by atoms with Crippen molar-refractivity contribution in [2.75, 3.05) is 11.9 Å². The van der Waals surface area contributed by atoms with Gasteiger partial charge in [0, 0.05) is 5.56 Å². The van der Waals surface area contributed by atoms with Crippen LogP contribution in [0.15, 0.2) is 42.5 Å². The summed E-state index contributed by atoms with van der Waals surface area (Å²) >= 11 is 0. The fourth-order valence-corrected chi connectivity index (χ4v) is 1.88. The predicted octanol–water partition coefficient (Wildman–Crippen LogP) is 2.96. The van der Waals surface area contributed by atoms with Gasteiger partial charge in [0.1, 0.15) is 17.5 Å². The highest BCUT2D eigenvalue weighted by molar-refractivity contribution is 5.89. The molecule has 2 rings (SSSR count). The van der Waals surface area contributed by atoms with Crippen molar-refractivity contribution in [2.24, 2.45) is 0 Å². The number of hydrogen-bond acceptors (Lipinski definition) is 2. The van der Waals surface area contributed by atoms with Crippen LogP contribution < -0.4 is 10.6 Å². The minimum Gasteiger partial charge on any atom is -0.394 e. The average molecular weight is 310 g/mol. The molecule has 0 aliphatic heterocycles. The molecule has 0 saturated carbocycles. The molecule has 0 aliphatic rings. The van der Waals surface area contributed by atoms with Gasteiger partial charge in [-0.2, -0.15) is 0 Å². The highest BCUT2D eigenvalue weighted by atomic mass is 19.1. The monoisotopic (exact) mass is 310 g/mol. The fourth-order valence-electron chi connectivity index (χ4n) is 1.88. The lowest BCUT2D eigenvalue weighted by Crippen LogP contribution is -2.35. The lowest BCUT2D eigenvalue weighted by molar-refractivity contribution is 0.223. The Morgan fingerprint density at radius 1 is 1.09 bits per heavy atom. The number of halogens is 3. The molecule has 0 aromatic heterocycles. The van der Waals surface area contributed by atoms with E-state index in [1.54, 1.807) is 0 Å². The maximum absolute atomic E-state index is 13.6. The maximum atomic E-state index is 13.6. The van der Waals surface area contributed by atoms with Crippen molar-refractivity contribution in [3.8, 4) is 0 Å². The minimum atomic E-state index is -1.16. The van der Waals surface area contributed by atoms with Gasteiger partial charge in [0.15, 0.2) is 0 Å². The number of benzene rings is 2. The first kappa shape index (κ1) is 15.8. The van der Waals surface area contributed by atoms with E-state index in [0.29, 0.717) is 0 Å². The Labute approximate surface area is 124 Å². The van der Waals surface area contributed by atoms with Crippen LogP contribution in [0, 0.1) is 17.5 Å². The van der Waals surface area contributed by atoms with Gasteiger partial charge in [0.2, 0.25) is 0 Å². The molecule has 0 saturated heterocycles. The van der Waals surface area contributed by atoms with Gasteiger partial charge >= 0.3 is 6.03 Å². The Balaban J connectivity index is 2.11. The van der Waals surface area contributed by atoms with Crippen molar-refractivity contribution < 1.29 is 23.1 Å². The maximum Gasteiger partial charge on any atom is 0.319 e. The van der Waals surface area contributed by atoms with Gasteiger partial charge in [-0.15, -0.1) is 0 Å². The van der Waals surface area contributed by atoms with Crippen molar-refractivity contribution in [3.05, 3.63) is 65.5 Å². The molecule has 2 aromatic carbocycles. The van der Waals surface area contributed by atoms with Gasteiger partial charge in [0.05, 0.1) is 18.3 Å². The van der Waals surface area contributed by atoms with Crippen LogP contribution in [0.2, 0.25) is 0 Å². The number of anilines is 1. The minimum absolute atomic E-state index is 0.0728. The van der Waals surface area contributed by atoms with Crippen LogP contribution in [0.5, 0.6) is 0 Å². The molecular formula is C15H13F3N2O2. The van der Waals surface area contributed by atoms with Gasteiger partial charge < -0.3 is 15.7 Å². The number of aliphatic hydroxyl groups is 1. The molecule has 0 spiro atoms. The number of para-hydroxylation sites is 1. The van der Waals surface area contributed by atoms with E-state index in [2.05, 4.69) is 10.6 Å². The van der Waals surface area contributed by atoms with Gasteiger partial charge in [-0.1, -0.05) is 12.1 Å². The fraction of sp³-hybridized carbons (Fsp3) is 0.133. The van der Waals surface area contributed by atoms with Crippen molar-refractivity contribution >= 4 is 11.7 Å². The van der Waals surface area contributed by atoms with Crippen LogP contribution in [0.25, 0.3) is 0 Å². The quantitative estimate of drug-likeness (QED) is 0.813. The Hall–Kier alpha value is -2.54. The summed E-state index contributed by atoms with van der Waals surface area (Å²) in [7, 11) is 0. The second kappa shape index (κ2) is 6.95. The third-order valence-electron chi connectivity index (χ3n) is 2.94. The van der Waals surface area contributed by atoms with Crippen molar-refractivity contribution in [2.45, 2.75) is 6.04 Å². The van der Waals surface area contributed by atoms with E-state index in [9.17, 15) is 23.1 Å². The summed E-state index contributed by atoms with van der Waals surface area (Å²) in [4.78, 5) is 11.8. The first-order valence-electron chi connectivity index (χ1n) is 6.39. The zero-order valence-electron chi connectivity index (χ0n) is 11.3. The van der Waals surface area contributed by atoms with Crippen LogP contribution in [-0.4, -0.2) is 17.7 Å². The van der Waals surface area contributed by atoms with E-state index in [0.717, 1.165) is 24.3 Å². The van der Waals surface area contributed by atoms with Crippen LogP contribution in [-0.2, 0) is 0 Å². The van der Waals surface area contributed by atoms with Crippen molar-refractivity contribution in [1.29, 1.82) is 0 Å². The molecule has 2 aromatic rings. The first-order valence-corrected chi connectivity index (χ1v) is 6.39. The van der Waals surface area contributed by atoms with Crippen LogP contribution >= 0.6 is 0 Å². The molecule has 3 N–H and O–H groups in total. The molecule has 0 bridgehead atoms. The van der Waals surface area contributed by atoms with E-state index in [1.807, 2.05) is 0 Å². The molecule has 116 valence electrons. The summed E-state index contributed by atoms with van der Waals surface area (Å²) in [5.41, 5.74) is -0.275. The number of nitrogens with one attached hydrogen (secondary N) is 2. The van der Waals surface area contributed by atoms with Crippen LogP contribution in [0.1, 0.15) is 11.6 Å².